The van der Waals surface area contributed by atoms with Crippen molar-refractivity contribution in [3.63, 3.8) is 0 Å². The molecular formula is C68H96N8O26. The number of aliphatic hydroxyl groups excluding tert-OH is 3. The quantitative estimate of drug-likeness (QED) is 0.0183. The maximum Gasteiger partial charge on any atom is 0.410 e. The highest BCUT2D eigenvalue weighted by atomic mass is 16.7. The largest absolute Gasteiger partial charge is 0.508 e. The number of benzene rings is 2. The summed E-state index contributed by atoms with van der Waals surface area (Å²) in [6.45, 7) is 11.2. The Bertz CT molecular complexity index is 3540. The van der Waals surface area contributed by atoms with Crippen molar-refractivity contribution in [2.45, 2.75) is 141 Å². The SMILES string of the molecule is CC[C@@]1(O)C(=O)OCc2c1cc1n(c2=O)Cc2cc3c(CN(C)C(=O)OCc4ccc(NC(=O)[C@H](C)NC(=O)[C@@H](NC(=O)[C@H](CCCCN)NC(=O)CCOCCOCCOCCOCCOCCOCCOCCOC)C(C)C)c(O[C@@H]5O[C@H](C(=O)O)[C@@H](O)[C@H](O)[C@H]5O)c4)c(O)ccc3nc2-1. The molecule has 5 amide bonds. The number of nitrogens with zero attached hydrogens (tertiary/aromatic N) is 3. The molecule has 3 aliphatic rings. The molecule has 34 heteroatoms. The van der Waals surface area contributed by atoms with Crippen LogP contribution < -0.4 is 37.3 Å². The summed E-state index contributed by atoms with van der Waals surface area (Å²) in [5.41, 5.74) is 5.53. The monoisotopic (exact) mass is 1440 g/mol. The summed E-state index contributed by atoms with van der Waals surface area (Å²) < 4.78 is 66.8. The van der Waals surface area contributed by atoms with Gasteiger partial charge in [-0.2, -0.15) is 0 Å². The van der Waals surface area contributed by atoms with E-state index in [4.69, 9.17) is 67.6 Å². The molecule has 1 saturated heterocycles. The zero-order valence-corrected chi connectivity index (χ0v) is 58.2. The second-order valence-corrected chi connectivity index (χ2v) is 24.7. The van der Waals surface area contributed by atoms with Crippen molar-refractivity contribution in [1.29, 1.82) is 0 Å². The number of hydrogen-bond donors (Lipinski definition) is 11. The molecule has 0 aliphatic carbocycles. The normalized spacial score (nSPS) is 19.2. The Balaban J connectivity index is 0.902. The molecule has 0 saturated carbocycles. The first kappa shape index (κ1) is 81.2. The summed E-state index contributed by atoms with van der Waals surface area (Å²) in [5.74, 6) is -6.46. The number of carbonyl (C=O) groups is 7. The lowest BCUT2D eigenvalue weighted by atomic mass is 9.86. The molecule has 1 fully saturated rings. The smallest absolute Gasteiger partial charge is 0.410 e. The minimum absolute atomic E-state index is 0.0202. The molecule has 9 atom stereocenters. The number of anilines is 1. The van der Waals surface area contributed by atoms with Crippen LogP contribution in [-0.2, 0) is 113 Å². The van der Waals surface area contributed by atoms with Crippen LogP contribution in [0.4, 0.5) is 10.5 Å². The van der Waals surface area contributed by atoms with Crippen molar-refractivity contribution >= 4 is 58.3 Å². The number of carbonyl (C=O) groups excluding carboxylic acids is 6. The van der Waals surface area contributed by atoms with Gasteiger partial charge in [-0.15, -0.1) is 0 Å². The van der Waals surface area contributed by atoms with Gasteiger partial charge in [0.05, 0.1) is 140 Å². The number of carboxylic acids is 1. The number of ether oxygens (including phenoxy) is 12. The van der Waals surface area contributed by atoms with Crippen LogP contribution in [-0.4, -0.2) is 255 Å². The van der Waals surface area contributed by atoms with Gasteiger partial charge in [-0.1, -0.05) is 26.8 Å². The number of aromatic nitrogens is 2. The van der Waals surface area contributed by atoms with Gasteiger partial charge in [-0.05, 0) is 87.0 Å². The highest BCUT2D eigenvalue weighted by molar-refractivity contribution is 5.99. The average Bonchev–Trinajstić information content (AvgIpc) is 1.51. The molecule has 4 aromatic rings. The zero-order valence-electron chi connectivity index (χ0n) is 58.2. The molecule has 2 aromatic carbocycles. The first-order valence-electron chi connectivity index (χ1n) is 33.8. The lowest BCUT2D eigenvalue weighted by Crippen LogP contribution is -2.61. The number of amides is 5. The lowest BCUT2D eigenvalue weighted by Gasteiger charge is -2.38. The first-order valence-corrected chi connectivity index (χ1v) is 33.8. The number of carboxylic acid groups (broad SMARTS) is 1. The summed E-state index contributed by atoms with van der Waals surface area (Å²) in [4.78, 5) is 113. The first-order chi connectivity index (χ1) is 48.9. The van der Waals surface area contributed by atoms with Gasteiger partial charge in [-0.3, -0.25) is 24.0 Å². The van der Waals surface area contributed by atoms with E-state index in [0.717, 1.165) is 4.90 Å². The Morgan fingerprint density at radius 1 is 0.765 bits per heavy atom. The summed E-state index contributed by atoms with van der Waals surface area (Å²) >= 11 is 0. The van der Waals surface area contributed by atoms with Gasteiger partial charge in [0, 0.05) is 42.7 Å². The number of cyclic esters (lactones) is 1. The van der Waals surface area contributed by atoms with E-state index in [2.05, 4.69) is 21.3 Å². The highest BCUT2D eigenvalue weighted by Crippen LogP contribution is 2.40. The summed E-state index contributed by atoms with van der Waals surface area (Å²) in [7, 11) is 3.01. The van der Waals surface area contributed by atoms with Crippen molar-refractivity contribution in [2.24, 2.45) is 11.7 Å². The van der Waals surface area contributed by atoms with Crippen LogP contribution in [0.5, 0.6) is 11.5 Å². The standard InChI is InChI=1S/C68H96N8O26/c1-7-68(90)46-34-50-55-42(35-76(50)63(85)45(46)38-99-66(68)88)33-43-44(51(77)14-13-47(43)72-55)36-75(5)67(89)100-37-41-11-12-48(52(32-41)101-65-58(81)56(79)57(80)59(102-65)64(86)87)73-60(82)40(4)70-62(84)54(39(2)3)74-61(83)49(10-8-9-16-69)71-53(78)15-17-92-20-21-94-24-25-96-28-29-98-31-30-97-27-26-95-23-22-93-19-18-91-6/h11-14,32-34,39-40,49,54,56-59,65,77,79-81,90H,7-10,15-31,35-38,69H2,1-6H3,(H,70,84)(H,71,78)(H,73,82)(H,74,83)(H,86,87)/t40-,49-,54-,56-,57-,58+,59-,65+,68-/m0/s1. The third-order valence-electron chi connectivity index (χ3n) is 16.9. The second kappa shape index (κ2) is 40.1. The van der Waals surface area contributed by atoms with E-state index < -0.39 is 114 Å². The van der Waals surface area contributed by atoms with Gasteiger partial charge in [0.15, 0.2) is 11.7 Å². The number of aliphatic hydroxyl groups is 4. The van der Waals surface area contributed by atoms with E-state index in [1.165, 1.54) is 42.8 Å². The fourth-order valence-corrected chi connectivity index (χ4v) is 11.1. The van der Waals surface area contributed by atoms with Gasteiger partial charge in [0.25, 0.3) is 5.56 Å². The van der Waals surface area contributed by atoms with Gasteiger partial charge in [0.1, 0.15) is 61.2 Å². The molecule has 102 heavy (non-hydrogen) atoms. The van der Waals surface area contributed by atoms with Crippen LogP contribution in [0.25, 0.3) is 22.3 Å². The van der Waals surface area contributed by atoms with Crippen LogP contribution in [0.1, 0.15) is 87.6 Å². The number of nitrogens with one attached hydrogen (secondary N) is 4. The third-order valence-corrected chi connectivity index (χ3v) is 16.9. The Morgan fingerprint density at radius 3 is 1.97 bits per heavy atom. The highest BCUT2D eigenvalue weighted by Gasteiger charge is 2.49. The third kappa shape index (κ3) is 22.2. The number of methoxy groups -OCH3 is 1. The molecule has 564 valence electrons. The van der Waals surface area contributed by atoms with Crippen molar-refractivity contribution < 1.29 is 121 Å². The van der Waals surface area contributed by atoms with Crippen LogP contribution in [0.15, 0.2) is 47.3 Å². The molecule has 0 bridgehead atoms. The number of nitrogens with two attached hydrogens (primary N) is 1. The average molecular weight is 1440 g/mol. The molecular weight excluding hydrogens is 1340 g/mol. The maximum atomic E-state index is 14.0. The lowest BCUT2D eigenvalue weighted by molar-refractivity contribution is -0.271. The van der Waals surface area contributed by atoms with E-state index in [1.807, 2.05) is 0 Å². The van der Waals surface area contributed by atoms with Crippen LogP contribution in [0.3, 0.4) is 0 Å². The second-order valence-electron chi connectivity index (χ2n) is 24.7. The number of hydrogen-bond acceptors (Lipinski definition) is 27. The van der Waals surface area contributed by atoms with Crippen molar-refractivity contribution in [3.8, 4) is 22.9 Å². The maximum absolute atomic E-state index is 14.0. The molecule has 5 heterocycles. The van der Waals surface area contributed by atoms with E-state index in [-0.39, 0.29) is 98.2 Å². The topological polar surface area (TPSA) is 464 Å². The van der Waals surface area contributed by atoms with Crippen LogP contribution in [0.2, 0.25) is 0 Å². The molecule has 3 aliphatic heterocycles. The predicted molar refractivity (Wildman–Crippen MR) is 359 cm³/mol. The minimum Gasteiger partial charge on any atom is -0.508 e. The summed E-state index contributed by atoms with van der Waals surface area (Å²) in [6.07, 6.45) is -10.2. The number of phenols is 1. The summed E-state index contributed by atoms with van der Waals surface area (Å²) in [6, 6.07) is 6.53. The van der Waals surface area contributed by atoms with Crippen LogP contribution in [0, 0.1) is 5.92 Å². The molecule has 34 nitrogen and oxygen atoms in total. The van der Waals surface area contributed by atoms with Gasteiger partial charge < -0.3 is 124 Å². The van der Waals surface area contributed by atoms with Gasteiger partial charge >= 0.3 is 18.0 Å². The van der Waals surface area contributed by atoms with Crippen molar-refractivity contribution in [3.05, 3.63) is 80.6 Å². The zero-order chi connectivity index (χ0) is 74.0. The molecule has 0 spiro atoms. The molecule has 12 N–H and O–H groups in total. The minimum atomic E-state index is -2.09. The number of aliphatic carboxylic acids is 1. The Labute approximate surface area is 588 Å². The number of aromatic hydroxyl groups is 1. The van der Waals surface area contributed by atoms with E-state index in [1.54, 1.807) is 46.1 Å². The van der Waals surface area contributed by atoms with E-state index in [9.17, 15) is 69.0 Å². The number of fused-ring (bicyclic) bond motifs is 5. The Morgan fingerprint density at radius 2 is 1.38 bits per heavy atom. The number of unbranched alkanes of at least 4 members (excludes halogenated alkanes) is 1. The molecule has 0 radical (unpaired) electrons. The fourth-order valence-electron chi connectivity index (χ4n) is 11.1. The number of phenolic OH excluding ortho intramolecular Hbond substituents is 1. The van der Waals surface area contributed by atoms with Crippen molar-refractivity contribution in [1.82, 2.24) is 30.4 Å². The molecule has 7 rings (SSSR count). The Kier molecular flexibility index (Phi) is 31.9. The fraction of sp³-hybridized carbons (Fsp3) is 0.603. The number of pyridine rings is 2. The number of esters is 1. The summed E-state index contributed by atoms with van der Waals surface area (Å²) in [5, 5.41) is 75.3. The predicted octanol–water partition coefficient (Wildman–Crippen LogP) is 0.175. The molecule has 2 aromatic heterocycles. The Hall–Kier alpha value is -8.07. The van der Waals surface area contributed by atoms with Gasteiger partial charge in [0.2, 0.25) is 29.9 Å². The number of rotatable bonds is 44. The van der Waals surface area contributed by atoms with Crippen molar-refractivity contribution in [2.75, 3.05) is 125 Å². The van der Waals surface area contributed by atoms with E-state index >= 15 is 0 Å². The van der Waals surface area contributed by atoms with Crippen LogP contribution >= 0.6 is 0 Å². The van der Waals surface area contributed by atoms with Gasteiger partial charge in [-0.25, -0.2) is 19.4 Å². The van der Waals surface area contributed by atoms with E-state index in [0.29, 0.717) is 127 Å². The molecule has 0 unspecified atom stereocenters.